The van der Waals surface area contributed by atoms with Crippen LogP contribution in [-0.4, -0.2) is 17.3 Å². The summed E-state index contributed by atoms with van der Waals surface area (Å²) < 4.78 is 5.28. The Morgan fingerprint density at radius 3 is 3.06 bits per heavy atom. The summed E-state index contributed by atoms with van der Waals surface area (Å²) >= 11 is 1.87. The van der Waals surface area contributed by atoms with Crippen molar-refractivity contribution in [2.24, 2.45) is 0 Å². The first-order valence-electron chi connectivity index (χ1n) is 6.51. The number of rotatable bonds is 8. The van der Waals surface area contributed by atoms with Crippen LogP contribution in [0.2, 0.25) is 0 Å². The summed E-state index contributed by atoms with van der Waals surface area (Å²) in [6.07, 6.45) is 6.15. The van der Waals surface area contributed by atoms with Gasteiger partial charge in [0.25, 0.3) is 0 Å². The van der Waals surface area contributed by atoms with E-state index in [9.17, 15) is 5.26 Å². The zero-order valence-corrected chi connectivity index (χ0v) is 11.6. The molecule has 0 aliphatic heterocycles. The molecule has 2 rings (SSSR count). The predicted octanol–water partition coefficient (Wildman–Crippen LogP) is 3.33. The van der Waals surface area contributed by atoms with Crippen LogP contribution < -0.4 is 5.32 Å². The lowest BCUT2D eigenvalue weighted by atomic mass is 9.98. The van der Waals surface area contributed by atoms with E-state index in [1.165, 1.54) is 12.8 Å². The lowest BCUT2D eigenvalue weighted by Crippen LogP contribution is -2.42. The Morgan fingerprint density at radius 2 is 2.44 bits per heavy atom. The quantitative estimate of drug-likeness (QED) is 0.732. The molecule has 1 aromatic rings. The van der Waals surface area contributed by atoms with Gasteiger partial charge in [-0.2, -0.15) is 17.0 Å². The van der Waals surface area contributed by atoms with Crippen LogP contribution in [0.15, 0.2) is 22.8 Å². The van der Waals surface area contributed by atoms with Gasteiger partial charge in [-0.25, -0.2) is 0 Å². The number of hydrogen-bond acceptors (Lipinski definition) is 4. The van der Waals surface area contributed by atoms with Crippen LogP contribution in [0, 0.1) is 11.3 Å². The topological polar surface area (TPSA) is 49.0 Å². The zero-order valence-electron chi connectivity index (χ0n) is 10.8. The highest BCUT2D eigenvalue weighted by Crippen LogP contribution is 2.25. The van der Waals surface area contributed by atoms with Gasteiger partial charge in [0.05, 0.1) is 18.1 Å². The fourth-order valence-electron chi connectivity index (χ4n) is 1.93. The molecule has 1 fully saturated rings. The molecule has 1 aliphatic carbocycles. The summed E-state index contributed by atoms with van der Waals surface area (Å²) in [5.74, 6) is 3.02. The van der Waals surface area contributed by atoms with Crippen molar-refractivity contribution in [3.8, 4) is 6.07 Å². The van der Waals surface area contributed by atoms with Crippen LogP contribution in [0.5, 0.6) is 0 Å². The van der Waals surface area contributed by atoms with E-state index in [0.29, 0.717) is 6.04 Å². The maximum absolute atomic E-state index is 9.23. The van der Waals surface area contributed by atoms with Gasteiger partial charge in [0.1, 0.15) is 11.3 Å². The molecule has 1 atom stereocenters. The van der Waals surface area contributed by atoms with Crippen molar-refractivity contribution in [1.29, 1.82) is 5.26 Å². The first kappa shape index (κ1) is 13.5. The maximum atomic E-state index is 9.23. The fraction of sp³-hybridized carbons (Fsp3) is 0.643. The fourth-order valence-corrected chi connectivity index (χ4v) is 2.79. The lowest BCUT2D eigenvalue weighted by Gasteiger charge is -2.23. The Balaban J connectivity index is 1.60. The highest BCUT2D eigenvalue weighted by Gasteiger charge is 2.31. The molecule has 0 radical (unpaired) electrons. The molecule has 1 unspecified atom stereocenters. The van der Waals surface area contributed by atoms with Gasteiger partial charge in [0, 0.05) is 6.04 Å². The van der Waals surface area contributed by atoms with Crippen molar-refractivity contribution in [3.05, 3.63) is 24.2 Å². The van der Waals surface area contributed by atoms with Gasteiger partial charge in [0.15, 0.2) is 0 Å². The molecule has 0 aromatic carbocycles. The van der Waals surface area contributed by atoms with E-state index in [4.69, 9.17) is 4.42 Å². The van der Waals surface area contributed by atoms with Crippen LogP contribution >= 0.6 is 11.8 Å². The highest BCUT2D eigenvalue weighted by atomic mass is 32.2. The average Bonchev–Trinajstić information content (AvgIpc) is 3.01. The molecule has 98 valence electrons. The largest absolute Gasteiger partial charge is 0.468 e. The van der Waals surface area contributed by atoms with Crippen molar-refractivity contribution in [3.63, 3.8) is 0 Å². The number of nitrogens with one attached hydrogen (secondary N) is 1. The number of furan rings is 1. The second kappa shape index (κ2) is 6.31. The van der Waals surface area contributed by atoms with Gasteiger partial charge >= 0.3 is 0 Å². The third-order valence-electron chi connectivity index (χ3n) is 3.14. The van der Waals surface area contributed by atoms with Gasteiger partial charge in [-0.3, -0.25) is 5.32 Å². The first-order chi connectivity index (χ1) is 8.72. The highest BCUT2D eigenvalue weighted by molar-refractivity contribution is 7.98. The molecule has 1 heterocycles. The van der Waals surface area contributed by atoms with Crippen LogP contribution in [0.3, 0.4) is 0 Å². The van der Waals surface area contributed by atoms with Crippen molar-refractivity contribution >= 4 is 11.8 Å². The molecule has 1 saturated carbocycles. The predicted molar refractivity (Wildman–Crippen MR) is 74.3 cm³/mol. The molecule has 1 N–H and O–H groups in total. The molecule has 18 heavy (non-hydrogen) atoms. The van der Waals surface area contributed by atoms with Gasteiger partial charge in [-0.1, -0.05) is 0 Å². The second-order valence-corrected chi connectivity index (χ2v) is 6.20. The summed E-state index contributed by atoms with van der Waals surface area (Å²) in [5, 5.41) is 12.7. The van der Waals surface area contributed by atoms with E-state index in [2.05, 4.69) is 11.4 Å². The van der Waals surface area contributed by atoms with E-state index >= 15 is 0 Å². The zero-order chi connectivity index (χ0) is 12.8. The third kappa shape index (κ3) is 4.40. The Hall–Kier alpha value is -0.920. The van der Waals surface area contributed by atoms with E-state index in [0.717, 1.165) is 30.1 Å². The van der Waals surface area contributed by atoms with E-state index in [1.807, 2.05) is 30.8 Å². The Kier molecular flexibility index (Phi) is 4.73. The smallest absolute Gasteiger partial charge is 0.113 e. The molecule has 3 nitrogen and oxygen atoms in total. The summed E-state index contributed by atoms with van der Waals surface area (Å²) in [6, 6.07) is 6.92. The summed E-state index contributed by atoms with van der Waals surface area (Å²) in [6.45, 7) is 2.02. The Labute approximate surface area is 113 Å². The second-order valence-electron chi connectivity index (χ2n) is 5.10. The maximum Gasteiger partial charge on any atom is 0.113 e. The van der Waals surface area contributed by atoms with E-state index in [-0.39, 0.29) is 5.54 Å². The van der Waals surface area contributed by atoms with E-state index < -0.39 is 0 Å². The Bertz CT molecular complexity index is 394. The molecule has 0 spiro atoms. The van der Waals surface area contributed by atoms with Crippen LogP contribution in [0.1, 0.15) is 38.4 Å². The minimum atomic E-state index is -0.341. The van der Waals surface area contributed by atoms with Gasteiger partial charge in [-0.05, 0) is 50.5 Å². The van der Waals surface area contributed by atoms with E-state index in [1.54, 1.807) is 6.26 Å². The molecule has 0 amide bonds. The minimum absolute atomic E-state index is 0.341. The molecule has 4 heteroatoms. The number of hydrogen-bond donors (Lipinski definition) is 1. The molecule has 0 bridgehead atoms. The molecule has 1 aromatic heterocycles. The van der Waals surface area contributed by atoms with Crippen LogP contribution in [0.25, 0.3) is 0 Å². The summed E-state index contributed by atoms with van der Waals surface area (Å²) in [7, 11) is 0. The van der Waals surface area contributed by atoms with Gasteiger partial charge in [0.2, 0.25) is 0 Å². The minimum Gasteiger partial charge on any atom is -0.468 e. The summed E-state index contributed by atoms with van der Waals surface area (Å²) in [5.41, 5.74) is -0.341. The third-order valence-corrected chi connectivity index (χ3v) is 4.20. The van der Waals surface area contributed by atoms with Gasteiger partial charge in [-0.15, -0.1) is 0 Å². The van der Waals surface area contributed by atoms with Crippen LogP contribution in [0.4, 0.5) is 0 Å². The standard InChI is InChI=1S/C14H20N2OS/c1-14(11-15,16-12-5-6-12)7-3-9-18-10-13-4-2-8-17-13/h2,4,8,12,16H,3,5-7,9-10H2,1H3. The number of thioether (sulfide) groups is 1. The normalized spacial score (nSPS) is 18.2. The number of nitriles is 1. The van der Waals surface area contributed by atoms with Crippen molar-refractivity contribution in [2.75, 3.05) is 5.75 Å². The number of nitrogens with zero attached hydrogens (tertiary/aromatic N) is 1. The van der Waals surface area contributed by atoms with Crippen molar-refractivity contribution < 1.29 is 4.42 Å². The van der Waals surface area contributed by atoms with Crippen molar-refractivity contribution in [2.45, 2.75) is 49.9 Å². The van der Waals surface area contributed by atoms with Crippen LogP contribution in [-0.2, 0) is 5.75 Å². The molecular formula is C14H20N2OS. The Morgan fingerprint density at radius 1 is 1.61 bits per heavy atom. The molecule has 0 saturated heterocycles. The average molecular weight is 264 g/mol. The van der Waals surface area contributed by atoms with Crippen molar-refractivity contribution in [1.82, 2.24) is 5.32 Å². The van der Waals surface area contributed by atoms with Gasteiger partial charge < -0.3 is 4.42 Å². The molecule has 1 aliphatic rings. The molecular weight excluding hydrogens is 244 g/mol. The SMILES string of the molecule is CC(C#N)(CCCSCc1ccco1)NC1CC1. The lowest BCUT2D eigenvalue weighted by molar-refractivity contribution is 0.411. The summed E-state index contributed by atoms with van der Waals surface area (Å²) in [4.78, 5) is 0. The monoisotopic (exact) mass is 264 g/mol. The first-order valence-corrected chi connectivity index (χ1v) is 7.66.